The number of aromatic amines is 1. The number of rotatable bonds is 6. The van der Waals surface area contributed by atoms with Crippen molar-refractivity contribution >= 4 is 18.4 Å². The molecule has 0 unspecified atom stereocenters. The average Bonchev–Trinajstić information content (AvgIpc) is 2.67. The zero-order chi connectivity index (χ0) is 19.2. The van der Waals surface area contributed by atoms with E-state index in [1.54, 1.807) is 6.08 Å². The van der Waals surface area contributed by atoms with Gasteiger partial charge in [0.2, 0.25) is 5.88 Å². The number of nitrogens with one attached hydrogen (secondary N) is 1. The molecule has 0 spiro atoms. The maximum absolute atomic E-state index is 12.1. The number of nitrogens with zero attached hydrogens (tertiary/aromatic N) is 3. The highest BCUT2D eigenvalue weighted by Gasteiger charge is 2.19. The van der Waals surface area contributed by atoms with Crippen LogP contribution in [0.4, 0.5) is 0 Å². The van der Waals surface area contributed by atoms with Crippen molar-refractivity contribution < 1.29 is 5.11 Å². The summed E-state index contributed by atoms with van der Waals surface area (Å²) in [6.07, 6.45) is 4.93. The fraction of sp³-hybridized carbons (Fsp3) is 0.350. The number of allylic oxidation sites excluding steroid dienone is 1. The average molecular weight is 385 g/mol. The molecule has 0 aliphatic carbocycles. The lowest BCUT2D eigenvalue weighted by molar-refractivity contribution is 0.206. The molecule has 27 heavy (non-hydrogen) atoms. The van der Waals surface area contributed by atoms with Gasteiger partial charge in [-0.1, -0.05) is 36.4 Å². The van der Waals surface area contributed by atoms with Crippen LogP contribution in [0.5, 0.6) is 5.88 Å². The van der Waals surface area contributed by atoms with Crippen LogP contribution in [0.2, 0.25) is 0 Å². The predicted molar refractivity (Wildman–Crippen MR) is 110 cm³/mol. The van der Waals surface area contributed by atoms with E-state index in [4.69, 9.17) is 12.2 Å². The van der Waals surface area contributed by atoms with Gasteiger partial charge in [0.05, 0.1) is 6.04 Å². The van der Waals surface area contributed by atoms with E-state index in [9.17, 15) is 9.90 Å². The van der Waals surface area contributed by atoms with Crippen LogP contribution in [-0.4, -0.2) is 44.9 Å². The van der Waals surface area contributed by atoms with Crippen molar-refractivity contribution in [3.63, 3.8) is 0 Å². The number of benzene rings is 1. The minimum absolute atomic E-state index is 0.136. The number of piperidine rings is 1. The molecule has 6 nitrogen and oxygen atoms in total. The molecule has 0 radical (unpaired) electrons. The Hall–Kier alpha value is -2.51. The van der Waals surface area contributed by atoms with Crippen LogP contribution in [-0.2, 0) is 13.1 Å². The predicted octanol–water partition coefficient (Wildman–Crippen LogP) is 2.88. The molecule has 142 valence electrons. The first-order valence-electron chi connectivity index (χ1n) is 9.05. The van der Waals surface area contributed by atoms with Gasteiger partial charge >= 0.3 is 0 Å². The van der Waals surface area contributed by atoms with E-state index in [2.05, 4.69) is 45.7 Å². The molecular weight excluding hydrogens is 360 g/mol. The maximum atomic E-state index is 12.1. The Morgan fingerprint density at radius 2 is 2.00 bits per heavy atom. The third-order valence-corrected chi connectivity index (χ3v) is 5.06. The summed E-state index contributed by atoms with van der Waals surface area (Å²) in [4.78, 5) is 21.6. The molecule has 1 saturated heterocycles. The third-order valence-electron chi connectivity index (χ3n) is 4.74. The van der Waals surface area contributed by atoms with Crippen molar-refractivity contribution in [1.82, 2.24) is 14.5 Å². The second-order valence-corrected chi connectivity index (χ2v) is 7.05. The van der Waals surface area contributed by atoms with E-state index in [0.29, 0.717) is 6.54 Å². The largest absolute Gasteiger partial charge is 0.494 e. The Kier molecular flexibility index (Phi) is 6.36. The Bertz CT molecular complexity index is 925. The smallest absolute Gasteiger partial charge is 0.264 e. The second kappa shape index (κ2) is 8.92. The lowest BCUT2D eigenvalue weighted by Crippen LogP contribution is -2.34. The Morgan fingerprint density at radius 3 is 2.67 bits per heavy atom. The number of H-pyrrole nitrogens is 1. The summed E-state index contributed by atoms with van der Waals surface area (Å²) >= 11 is 5.08. The normalized spacial score (nSPS) is 16.0. The van der Waals surface area contributed by atoms with Gasteiger partial charge in [0.25, 0.3) is 5.56 Å². The van der Waals surface area contributed by atoms with E-state index in [1.165, 1.54) is 16.3 Å². The third kappa shape index (κ3) is 4.81. The Morgan fingerprint density at radius 1 is 1.30 bits per heavy atom. The van der Waals surface area contributed by atoms with Crippen LogP contribution in [0.15, 0.2) is 52.8 Å². The summed E-state index contributed by atoms with van der Waals surface area (Å²) in [7, 11) is 0. The van der Waals surface area contributed by atoms with Crippen molar-refractivity contribution in [3.05, 3.63) is 69.2 Å². The first-order chi connectivity index (χ1) is 13.1. The number of likely N-dealkylation sites (tertiary alicyclic amines) is 1. The Labute approximate surface area is 163 Å². The Balaban J connectivity index is 1.64. The molecule has 0 saturated carbocycles. The van der Waals surface area contributed by atoms with Crippen LogP contribution >= 0.6 is 12.2 Å². The second-order valence-electron chi connectivity index (χ2n) is 6.67. The van der Waals surface area contributed by atoms with Gasteiger partial charge in [0.15, 0.2) is 4.77 Å². The van der Waals surface area contributed by atoms with Crippen LogP contribution in [0.25, 0.3) is 0 Å². The zero-order valence-electron chi connectivity index (χ0n) is 15.2. The topological polar surface area (TPSA) is 73.6 Å². The lowest BCUT2D eigenvalue weighted by atomic mass is 10.0. The molecular formula is C20H24N4O2S. The maximum Gasteiger partial charge on any atom is 0.264 e. The minimum atomic E-state index is -0.428. The van der Waals surface area contributed by atoms with Gasteiger partial charge in [0, 0.05) is 32.4 Å². The van der Waals surface area contributed by atoms with Gasteiger partial charge in [-0.15, -0.1) is 6.58 Å². The summed E-state index contributed by atoms with van der Waals surface area (Å²) in [6.45, 7) is 6.82. The molecule has 2 N–H and O–H groups in total. The molecule has 7 heteroatoms. The van der Waals surface area contributed by atoms with Gasteiger partial charge < -0.3 is 5.11 Å². The first kappa shape index (κ1) is 19.3. The van der Waals surface area contributed by atoms with Gasteiger partial charge in [-0.05, 0) is 30.6 Å². The number of hydrogen-bond donors (Lipinski definition) is 2. The molecule has 0 atom stereocenters. The van der Waals surface area contributed by atoms with Crippen LogP contribution in [0.1, 0.15) is 24.0 Å². The summed E-state index contributed by atoms with van der Waals surface area (Å²) in [5.41, 5.74) is 1.02. The van der Waals surface area contributed by atoms with Gasteiger partial charge in [-0.3, -0.25) is 24.2 Å². The molecule has 2 aromatic rings. The van der Waals surface area contributed by atoms with Crippen molar-refractivity contribution in [2.75, 3.05) is 13.1 Å². The van der Waals surface area contributed by atoms with E-state index in [0.717, 1.165) is 32.5 Å². The fourth-order valence-corrected chi connectivity index (χ4v) is 3.49. The van der Waals surface area contributed by atoms with Crippen LogP contribution in [0, 0.1) is 4.77 Å². The highest BCUT2D eigenvalue weighted by atomic mass is 32.1. The molecule has 2 heterocycles. The molecule has 1 fully saturated rings. The quantitative estimate of drug-likeness (QED) is 0.456. The zero-order valence-corrected chi connectivity index (χ0v) is 16.0. The van der Waals surface area contributed by atoms with Gasteiger partial charge in [-0.25, -0.2) is 0 Å². The minimum Gasteiger partial charge on any atom is -0.494 e. The number of aromatic hydroxyl groups is 1. The molecule has 1 aromatic carbocycles. The van der Waals surface area contributed by atoms with Crippen LogP contribution < -0.4 is 5.56 Å². The number of aromatic nitrogens is 2. The summed E-state index contributed by atoms with van der Waals surface area (Å²) in [5.74, 6) is -0.172. The van der Waals surface area contributed by atoms with E-state index < -0.39 is 5.56 Å². The SMILES string of the molecule is C=CCn1c(O)c(C=NC2CCN(Cc3ccccc3)CC2)c(=O)[nH]c1=S. The highest BCUT2D eigenvalue weighted by molar-refractivity contribution is 7.71. The summed E-state index contributed by atoms with van der Waals surface area (Å²) in [5, 5.41) is 10.3. The van der Waals surface area contributed by atoms with E-state index >= 15 is 0 Å². The molecule has 0 amide bonds. The number of aliphatic imine (C=N–C) groups is 1. The summed E-state index contributed by atoms with van der Waals surface area (Å²) < 4.78 is 1.59. The monoisotopic (exact) mass is 384 g/mol. The molecule has 3 rings (SSSR count). The van der Waals surface area contributed by atoms with Crippen molar-refractivity contribution in [2.45, 2.75) is 32.0 Å². The van der Waals surface area contributed by atoms with Gasteiger partial charge in [0.1, 0.15) is 5.56 Å². The van der Waals surface area contributed by atoms with Crippen molar-refractivity contribution in [1.29, 1.82) is 0 Å². The van der Waals surface area contributed by atoms with Crippen molar-refractivity contribution in [3.8, 4) is 5.88 Å². The standard InChI is InChI=1S/C20H24N4O2S/c1-2-10-24-19(26)17(18(25)22-20(24)27)13-21-16-8-11-23(12-9-16)14-15-6-4-3-5-7-15/h2-7,13,16,26H,1,8-12,14H2,(H,22,25,27). The summed E-state index contributed by atoms with van der Waals surface area (Å²) in [6, 6.07) is 10.6. The molecule has 1 aliphatic heterocycles. The van der Waals surface area contributed by atoms with Crippen molar-refractivity contribution in [2.24, 2.45) is 4.99 Å². The van der Waals surface area contributed by atoms with Gasteiger partial charge in [-0.2, -0.15) is 0 Å². The number of hydrogen-bond acceptors (Lipinski definition) is 5. The molecule has 0 bridgehead atoms. The highest BCUT2D eigenvalue weighted by Crippen LogP contribution is 2.17. The molecule has 1 aromatic heterocycles. The first-order valence-corrected chi connectivity index (χ1v) is 9.45. The fourth-order valence-electron chi connectivity index (χ4n) is 3.24. The lowest BCUT2D eigenvalue weighted by Gasteiger charge is -2.30. The molecule has 1 aliphatic rings. The van der Waals surface area contributed by atoms with E-state index in [-0.39, 0.29) is 22.3 Å². The van der Waals surface area contributed by atoms with Crippen LogP contribution in [0.3, 0.4) is 0 Å². The van der Waals surface area contributed by atoms with E-state index in [1.807, 2.05) is 6.07 Å².